The van der Waals surface area contributed by atoms with Crippen molar-refractivity contribution < 1.29 is 4.79 Å². The molecule has 140 valence electrons. The van der Waals surface area contributed by atoms with Gasteiger partial charge in [-0.3, -0.25) is 4.79 Å². The lowest BCUT2D eigenvalue weighted by atomic mass is 10.1. The predicted octanol–water partition coefficient (Wildman–Crippen LogP) is 3.70. The predicted molar refractivity (Wildman–Crippen MR) is 108 cm³/mol. The van der Waals surface area contributed by atoms with Gasteiger partial charge in [-0.2, -0.15) is 5.10 Å². The summed E-state index contributed by atoms with van der Waals surface area (Å²) in [7, 11) is 1.79. The zero-order chi connectivity index (χ0) is 19.7. The SMILES string of the molecule is Cc1nc2ccc(C(=O)N(C)Cc3cnn(-c4ccccc4)c3)cc2nc1C. The number of carbonyl (C=O) groups is 1. The Hall–Kier alpha value is -3.54. The number of fused-ring (bicyclic) bond motifs is 1. The molecule has 0 aliphatic heterocycles. The van der Waals surface area contributed by atoms with Gasteiger partial charge in [-0.05, 0) is 44.2 Å². The van der Waals surface area contributed by atoms with E-state index in [0.29, 0.717) is 12.1 Å². The number of hydrogen-bond acceptors (Lipinski definition) is 4. The van der Waals surface area contributed by atoms with Crippen molar-refractivity contribution in [2.75, 3.05) is 7.05 Å². The summed E-state index contributed by atoms with van der Waals surface area (Å²) in [5.41, 5.74) is 5.86. The number of carbonyl (C=O) groups excluding carboxylic acids is 1. The molecular formula is C22H21N5O. The number of aromatic nitrogens is 4. The summed E-state index contributed by atoms with van der Waals surface area (Å²) in [6, 6.07) is 15.4. The van der Waals surface area contributed by atoms with Gasteiger partial charge in [-0.1, -0.05) is 18.2 Å². The van der Waals surface area contributed by atoms with Gasteiger partial charge in [0.05, 0.1) is 34.3 Å². The molecule has 0 saturated carbocycles. The molecule has 2 aromatic heterocycles. The normalized spacial score (nSPS) is 11.0. The van der Waals surface area contributed by atoms with Gasteiger partial charge in [0.25, 0.3) is 5.91 Å². The van der Waals surface area contributed by atoms with E-state index in [1.54, 1.807) is 30.3 Å². The van der Waals surface area contributed by atoms with Crippen LogP contribution in [0.1, 0.15) is 27.3 Å². The molecule has 6 heteroatoms. The Morgan fingerprint density at radius 3 is 2.46 bits per heavy atom. The molecule has 0 bridgehead atoms. The van der Waals surface area contributed by atoms with E-state index in [1.807, 2.05) is 61.1 Å². The van der Waals surface area contributed by atoms with E-state index < -0.39 is 0 Å². The maximum absolute atomic E-state index is 12.9. The molecule has 0 spiro atoms. The van der Waals surface area contributed by atoms with Crippen LogP contribution in [-0.4, -0.2) is 37.6 Å². The van der Waals surface area contributed by atoms with Crippen LogP contribution in [0.3, 0.4) is 0 Å². The van der Waals surface area contributed by atoms with Crippen LogP contribution in [-0.2, 0) is 6.54 Å². The van der Waals surface area contributed by atoms with Crippen molar-refractivity contribution in [1.29, 1.82) is 0 Å². The van der Waals surface area contributed by atoms with Crippen molar-refractivity contribution in [1.82, 2.24) is 24.6 Å². The molecule has 0 N–H and O–H groups in total. The molecule has 0 radical (unpaired) electrons. The Labute approximate surface area is 163 Å². The van der Waals surface area contributed by atoms with Gasteiger partial charge in [0, 0.05) is 30.9 Å². The number of benzene rings is 2. The largest absolute Gasteiger partial charge is 0.337 e. The van der Waals surface area contributed by atoms with Gasteiger partial charge in [0.15, 0.2) is 0 Å². The minimum absolute atomic E-state index is 0.0608. The number of nitrogens with zero attached hydrogens (tertiary/aromatic N) is 5. The van der Waals surface area contributed by atoms with E-state index in [0.717, 1.165) is 33.7 Å². The Kier molecular flexibility index (Phi) is 4.61. The van der Waals surface area contributed by atoms with Crippen LogP contribution < -0.4 is 0 Å². The first-order chi connectivity index (χ1) is 13.5. The molecule has 0 fully saturated rings. The van der Waals surface area contributed by atoms with Crippen molar-refractivity contribution in [2.45, 2.75) is 20.4 Å². The van der Waals surface area contributed by atoms with Crippen molar-refractivity contribution in [3.63, 3.8) is 0 Å². The first kappa shape index (κ1) is 17.9. The Morgan fingerprint density at radius 2 is 1.71 bits per heavy atom. The number of aryl methyl sites for hydroxylation is 2. The highest BCUT2D eigenvalue weighted by Gasteiger charge is 2.14. The highest BCUT2D eigenvalue weighted by molar-refractivity contribution is 5.97. The zero-order valence-corrected chi connectivity index (χ0v) is 16.1. The summed E-state index contributed by atoms with van der Waals surface area (Å²) in [5, 5.41) is 4.39. The molecule has 1 amide bonds. The molecular weight excluding hydrogens is 350 g/mol. The van der Waals surface area contributed by atoms with Gasteiger partial charge in [-0.15, -0.1) is 0 Å². The highest BCUT2D eigenvalue weighted by atomic mass is 16.2. The molecule has 0 saturated heterocycles. The number of para-hydroxylation sites is 1. The second-order valence-electron chi connectivity index (χ2n) is 6.89. The van der Waals surface area contributed by atoms with Gasteiger partial charge < -0.3 is 4.90 Å². The average Bonchev–Trinajstić information content (AvgIpc) is 3.17. The Bertz CT molecular complexity index is 1150. The molecule has 28 heavy (non-hydrogen) atoms. The van der Waals surface area contributed by atoms with E-state index in [1.165, 1.54) is 0 Å². The van der Waals surface area contributed by atoms with Crippen LogP contribution in [0.5, 0.6) is 0 Å². The summed E-state index contributed by atoms with van der Waals surface area (Å²) >= 11 is 0. The van der Waals surface area contributed by atoms with E-state index in [2.05, 4.69) is 15.1 Å². The van der Waals surface area contributed by atoms with Gasteiger partial charge in [0.1, 0.15) is 0 Å². The molecule has 2 aromatic carbocycles. The second-order valence-corrected chi connectivity index (χ2v) is 6.89. The highest BCUT2D eigenvalue weighted by Crippen LogP contribution is 2.17. The molecule has 2 heterocycles. The summed E-state index contributed by atoms with van der Waals surface area (Å²) in [5.74, 6) is -0.0608. The summed E-state index contributed by atoms with van der Waals surface area (Å²) in [4.78, 5) is 23.6. The van der Waals surface area contributed by atoms with Crippen LogP contribution in [0.4, 0.5) is 0 Å². The average molecular weight is 371 g/mol. The lowest BCUT2D eigenvalue weighted by molar-refractivity contribution is 0.0785. The molecule has 4 rings (SSSR count). The molecule has 4 aromatic rings. The quantitative estimate of drug-likeness (QED) is 0.549. The summed E-state index contributed by atoms with van der Waals surface area (Å²) < 4.78 is 1.81. The molecule has 0 aliphatic rings. The first-order valence-corrected chi connectivity index (χ1v) is 9.11. The monoisotopic (exact) mass is 371 g/mol. The fraction of sp³-hybridized carbons (Fsp3) is 0.182. The van der Waals surface area contributed by atoms with Crippen LogP contribution in [0, 0.1) is 13.8 Å². The first-order valence-electron chi connectivity index (χ1n) is 9.11. The number of amides is 1. The molecule has 0 unspecified atom stereocenters. The maximum Gasteiger partial charge on any atom is 0.253 e. The van der Waals surface area contributed by atoms with E-state index >= 15 is 0 Å². The molecule has 6 nitrogen and oxygen atoms in total. The smallest absolute Gasteiger partial charge is 0.253 e. The summed E-state index contributed by atoms with van der Waals surface area (Å²) in [6.45, 7) is 4.33. The van der Waals surface area contributed by atoms with E-state index in [-0.39, 0.29) is 5.91 Å². The van der Waals surface area contributed by atoms with Crippen LogP contribution in [0.25, 0.3) is 16.7 Å². The van der Waals surface area contributed by atoms with Crippen molar-refractivity contribution >= 4 is 16.9 Å². The van der Waals surface area contributed by atoms with Crippen molar-refractivity contribution in [3.8, 4) is 5.69 Å². The van der Waals surface area contributed by atoms with Crippen LogP contribution >= 0.6 is 0 Å². The van der Waals surface area contributed by atoms with E-state index in [9.17, 15) is 4.79 Å². The van der Waals surface area contributed by atoms with Gasteiger partial charge >= 0.3 is 0 Å². The lowest BCUT2D eigenvalue weighted by Gasteiger charge is -2.16. The van der Waals surface area contributed by atoms with E-state index in [4.69, 9.17) is 0 Å². The topological polar surface area (TPSA) is 63.9 Å². The maximum atomic E-state index is 12.9. The Balaban J connectivity index is 1.53. The van der Waals surface area contributed by atoms with Gasteiger partial charge in [-0.25, -0.2) is 14.6 Å². The second kappa shape index (κ2) is 7.23. The third-order valence-electron chi connectivity index (χ3n) is 4.75. The van der Waals surface area contributed by atoms with Crippen LogP contribution in [0.15, 0.2) is 60.9 Å². The molecule has 0 atom stereocenters. The summed E-state index contributed by atoms with van der Waals surface area (Å²) in [6.07, 6.45) is 3.73. The zero-order valence-electron chi connectivity index (χ0n) is 16.1. The van der Waals surface area contributed by atoms with Crippen molar-refractivity contribution in [2.24, 2.45) is 0 Å². The standard InChI is InChI=1S/C22H21N5O/c1-15-16(2)25-21-11-18(9-10-20(21)24-15)22(28)26(3)13-17-12-23-27(14-17)19-7-5-4-6-8-19/h4-12,14H,13H2,1-3H3. The third-order valence-corrected chi connectivity index (χ3v) is 4.75. The third kappa shape index (κ3) is 3.49. The van der Waals surface area contributed by atoms with Crippen LogP contribution in [0.2, 0.25) is 0 Å². The minimum Gasteiger partial charge on any atom is -0.337 e. The lowest BCUT2D eigenvalue weighted by Crippen LogP contribution is -2.26. The van der Waals surface area contributed by atoms with Crippen molar-refractivity contribution in [3.05, 3.63) is 83.4 Å². The molecule has 0 aliphatic carbocycles. The fourth-order valence-electron chi connectivity index (χ4n) is 3.09. The number of hydrogen-bond donors (Lipinski definition) is 0. The number of rotatable bonds is 4. The minimum atomic E-state index is -0.0608. The fourth-order valence-corrected chi connectivity index (χ4v) is 3.09. The van der Waals surface area contributed by atoms with Gasteiger partial charge in [0.2, 0.25) is 0 Å². The Morgan fingerprint density at radius 1 is 1.00 bits per heavy atom.